The number of ether oxygens (including phenoxy) is 2. The Balaban J connectivity index is 0.000000900. The van der Waals surface area contributed by atoms with E-state index in [1.807, 2.05) is 18.7 Å². The van der Waals surface area contributed by atoms with Gasteiger partial charge in [0.1, 0.15) is 4.90 Å². The molecule has 1 aliphatic rings. The van der Waals surface area contributed by atoms with Crippen LogP contribution in [0.1, 0.15) is 32.3 Å². The Labute approximate surface area is 262 Å². The predicted molar refractivity (Wildman–Crippen MR) is 155 cm³/mol. The summed E-state index contributed by atoms with van der Waals surface area (Å²) < 4.78 is 112. The van der Waals surface area contributed by atoms with E-state index in [-0.39, 0.29) is 35.6 Å². The Morgan fingerprint density at radius 2 is 1.69 bits per heavy atom. The summed E-state index contributed by atoms with van der Waals surface area (Å²) in [5.74, 6) is -2.84. The van der Waals surface area contributed by atoms with Gasteiger partial charge in [0.2, 0.25) is 10.0 Å². The average molecular weight is 693 g/mol. The summed E-state index contributed by atoms with van der Waals surface area (Å²) in [6.07, 6.45) is -6.23. The standard InChI is InChI=1S/C25H34ClF3N4O4S.C2HF3O2/c1-17(2)15-33(16-24(36-3)37-4)38(34,35)23-13-18(25(27,28)29)5-6-22(23)32-11-8-19(9-12-32)31-21-7-10-30-14-20(21)26;3-2(4,5)1(6)7/h5-7,10,13-14,17,19,24H,8-9,11-12,15-16H2,1-4H3,(H,30,31);(H,6,7). The smallest absolute Gasteiger partial charge is 0.475 e. The summed E-state index contributed by atoms with van der Waals surface area (Å²) >= 11 is 6.20. The van der Waals surface area contributed by atoms with Crippen LogP contribution in [0.2, 0.25) is 5.02 Å². The molecule has 0 aliphatic carbocycles. The number of nitrogens with one attached hydrogen (secondary N) is 1. The van der Waals surface area contributed by atoms with Crippen molar-refractivity contribution in [2.75, 3.05) is 50.6 Å². The number of rotatable bonds is 11. The van der Waals surface area contributed by atoms with Crippen LogP contribution in [0.4, 0.5) is 37.7 Å². The van der Waals surface area contributed by atoms with Crippen LogP contribution in [0, 0.1) is 5.92 Å². The van der Waals surface area contributed by atoms with Gasteiger partial charge in [-0.3, -0.25) is 4.98 Å². The Bertz CT molecular complexity index is 1370. The molecule has 18 heteroatoms. The van der Waals surface area contributed by atoms with Crippen molar-refractivity contribution in [1.82, 2.24) is 9.29 Å². The minimum absolute atomic E-state index is 0.0576. The number of nitrogens with zero attached hydrogens (tertiary/aromatic N) is 3. The molecule has 0 radical (unpaired) electrons. The molecule has 3 rings (SSSR count). The SMILES string of the molecule is COC(CN(CC(C)C)S(=O)(=O)c1cc(C(F)(F)F)ccc1N1CCC(Nc2ccncc2Cl)CC1)OC.O=C(O)C(F)(F)F. The van der Waals surface area contributed by atoms with Crippen LogP contribution in [0.5, 0.6) is 0 Å². The van der Waals surface area contributed by atoms with E-state index < -0.39 is 40.2 Å². The fraction of sp³-hybridized carbons (Fsp3) is 0.556. The lowest BCUT2D eigenvalue weighted by atomic mass is 10.0. The van der Waals surface area contributed by atoms with Gasteiger partial charge in [-0.2, -0.15) is 30.6 Å². The summed E-state index contributed by atoms with van der Waals surface area (Å²) in [5.41, 5.74) is -0.0464. The van der Waals surface area contributed by atoms with Crippen LogP contribution in [0.15, 0.2) is 41.6 Å². The quantitative estimate of drug-likeness (QED) is 0.225. The molecule has 254 valence electrons. The van der Waals surface area contributed by atoms with E-state index in [9.17, 15) is 34.8 Å². The van der Waals surface area contributed by atoms with Crippen LogP contribution in [0.25, 0.3) is 0 Å². The first-order valence-electron chi connectivity index (χ1n) is 13.5. The molecule has 10 nitrogen and oxygen atoms in total. The van der Waals surface area contributed by atoms with Crippen molar-refractivity contribution in [3.8, 4) is 0 Å². The van der Waals surface area contributed by atoms with Crippen molar-refractivity contribution in [3.63, 3.8) is 0 Å². The summed E-state index contributed by atoms with van der Waals surface area (Å²) in [7, 11) is -1.60. The highest BCUT2D eigenvalue weighted by molar-refractivity contribution is 7.89. The van der Waals surface area contributed by atoms with E-state index in [0.717, 1.165) is 22.1 Å². The van der Waals surface area contributed by atoms with E-state index in [4.69, 9.17) is 31.0 Å². The molecule has 0 saturated carbocycles. The molecule has 2 N–H and O–H groups in total. The number of carboxylic acid groups (broad SMARTS) is 1. The number of carbonyl (C=O) groups is 1. The summed E-state index contributed by atoms with van der Waals surface area (Å²) in [6.45, 7) is 4.46. The zero-order valence-corrected chi connectivity index (χ0v) is 26.4. The van der Waals surface area contributed by atoms with Gasteiger partial charge in [0, 0.05) is 52.3 Å². The summed E-state index contributed by atoms with van der Waals surface area (Å²) in [5, 5.41) is 11.0. The predicted octanol–water partition coefficient (Wildman–Crippen LogP) is 5.73. The molecule has 45 heavy (non-hydrogen) atoms. The third kappa shape index (κ3) is 11.2. The second-order valence-corrected chi connectivity index (χ2v) is 12.7. The maximum atomic E-state index is 13.9. The van der Waals surface area contributed by atoms with Gasteiger partial charge in [0.25, 0.3) is 0 Å². The van der Waals surface area contributed by atoms with Crippen LogP contribution in [0.3, 0.4) is 0 Å². The molecule has 0 unspecified atom stereocenters. The molecule has 0 spiro atoms. The number of anilines is 2. The molecule has 1 aromatic carbocycles. The van der Waals surface area contributed by atoms with E-state index >= 15 is 0 Å². The number of carboxylic acids is 1. The second kappa shape index (κ2) is 16.1. The van der Waals surface area contributed by atoms with Gasteiger partial charge in [-0.1, -0.05) is 25.4 Å². The van der Waals surface area contributed by atoms with Gasteiger partial charge in [0.15, 0.2) is 6.29 Å². The average Bonchev–Trinajstić information content (AvgIpc) is 2.95. The maximum Gasteiger partial charge on any atom is 0.490 e. The molecular formula is C27H35ClF6N4O6S. The molecule has 1 aromatic heterocycles. The van der Waals surface area contributed by atoms with Gasteiger partial charge >= 0.3 is 18.3 Å². The Morgan fingerprint density at radius 3 is 2.16 bits per heavy atom. The molecule has 1 fully saturated rings. The van der Waals surface area contributed by atoms with Crippen molar-refractivity contribution in [3.05, 3.63) is 47.2 Å². The van der Waals surface area contributed by atoms with Crippen LogP contribution in [-0.2, 0) is 30.5 Å². The van der Waals surface area contributed by atoms with Gasteiger partial charge in [-0.15, -0.1) is 0 Å². The molecule has 2 aromatic rings. The highest BCUT2D eigenvalue weighted by Gasteiger charge is 2.39. The number of alkyl halides is 6. The summed E-state index contributed by atoms with van der Waals surface area (Å²) in [4.78, 5) is 14.3. The van der Waals surface area contributed by atoms with Crippen molar-refractivity contribution < 1.29 is 54.1 Å². The monoisotopic (exact) mass is 692 g/mol. The normalized spacial score (nSPS) is 14.9. The molecule has 1 saturated heterocycles. The van der Waals surface area contributed by atoms with Gasteiger partial charge in [-0.05, 0) is 43.0 Å². The molecule has 0 atom stereocenters. The number of hydrogen-bond acceptors (Lipinski definition) is 8. The molecular weight excluding hydrogens is 658 g/mol. The lowest BCUT2D eigenvalue weighted by Crippen LogP contribution is -2.43. The number of sulfonamides is 1. The fourth-order valence-corrected chi connectivity index (χ4v) is 6.37. The minimum Gasteiger partial charge on any atom is -0.475 e. The minimum atomic E-state index is -5.08. The van der Waals surface area contributed by atoms with Gasteiger partial charge in [0.05, 0.1) is 28.5 Å². The first-order valence-corrected chi connectivity index (χ1v) is 15.3. The third-order valence-electron chi connectivity index (χ3n) is 6.56. The Kier molecular flexibility index (Phi) is 13.7. The molecule has 0 bridgehead atoms. The zero-order valence-electron chi connectivity index (χ0n) is 24.8. The van der Waals surface area contributed by atoms with Crippen molar-refractivity contribution in [2.24, 2.45) is 5.92 Å². The maximum absolute atomic E-state index is 13.9. The number of benzene rings is 1. The molecule has 0 amide bonds. The third-order valence-corrected chi connectivity index (χ3v) is 8.72. The molecule has 1 aliphatic heterocycles. The zero-order chi connectivity index (χ0) is 34.2. The van der Waals surface area contributed by atoms with E-state index in [1.165, 1.54) is 20.3 Å². The van der Waals surface area contributed by atoms with Crippen LogP contribution < -0.4 is 10.2 Å². The number of aromatic nitrogens is 1. The lowest BCUT2D eigenvalue weighted by molar-refractivity contribution is -0.192. The molecule has 2 heterocycles. The fourth-order valence-electron chi connectivity index (χ4n) is 4.36. The Hall–Kier alpha value is -2.86. The van der Waals surface area contributed by atoms with E-state index in [2.05, 4.69) is 10.3 Å². The van der Waals surface area contributed by atoms with Crippen LogP contribution in [-0.4, -0.2) is 87.7 Å². The van der Waals surface area contributed by atoms with Crippen molar-refractivity contribution in [1.29, 1.82) is 0 Å². The number of hydrogen-bond donors (Lipinski definition) is 2. The number of halogens is 7. The second-order valence-electron chi connectivity index (χ2n) is 10.4. The number of piperidine rings is 1. The largest absolute Gasteiger partial charge is 0.490 e. The van der Waals surface area contributed by atoms with Gasteiger partial charge in [-0.25, -0.2) is 13.2 Å². The first-order chi connectivity index (χ1) is 20.8. The van der Waals surface area contributed by atoms with E-state index in [1.54, 1.807) is 18.5 Å². The highest BCUT2D eigenvalue weighted by Crippen LogP contribution is 2.37. The van der Waals surface area contributed by atoms with E-state index in [0.29, 0.717) is 31.0 Å². The lowest BCUT2D eigenvalue weighted by Gasteiger charge is -2.36. The van der Waals surface area contributed by atoms with Crippen molar-refractivity contribution in [2.45, 2.75) is 56.3 Å². The Morgan fingerprint density at radius 1 is 1.11 bits per heavy atom. The topological polar surface area (TPSA) is 121 Å². The number of pyridine rings is 1. The number of methoxy groups -OCH3 is 2. The van der Waals surface area contributed by atoms with Crippen LogP contribution >= 0.6 is 11.6 Å². The van der Waals surface area contributed by atoms with Gasteiger partial charge < -0.3 is 24.8 Å². The highest BCUT2D eigenvalue weighted by atomic mass is 35.5. The summed E-state index contributed by atoms with van der Waals surface area (Å²) in [6, 6.07) is 4.73. The van der Waals surface area contributed by atoms with Crippen molar-refractivity contribution >= 4 is 39.0 Å². The first kappa shape index (κ1) is 38.3. The number of aliphatic carboxylic acids is 1.